The number of ether oxygens (including phenoxy) is 2. The van der Waals surface area contributed by atoms with E-state index in [2.05, 4.69) is 22.3 Å². The Kier molecular flexibility index (Phi) is 6.07. The van der Waals surface area contributed by atoms with Crippen LogP contribution in [-0.2, 0) is 16.1 Å². The van der Waals surface area contributed by atoms with E-state index >= 15 is 0 Å². The van der Waals surface area contributed by atoms with Crippen molar-refractivity contribution >= 4 is 5.91 Å². The molecule has 1 aromatic rings. The molecule has 0 aliphatic carbocycles. The van der Waals surface area contributed by atoms with Crippen LogP contribution in [-0.4, -0.2) is 74.3 Å². The number of nitrogens with zero attached hydrogens (tertiary/aromatic N) is 2. The molecule has 2 fully saturated rings. The van der Waals surface area contributed by atoms with E-state index in [9.17, 15) is 4.79 Å². The molecule has 0 bridgehead atoms. The molecule has 1 N–H and O–H groups in total. The predicted molar refractivity (Wildman–Crippen MR) is 92.1 cm³/mol. The highest BCUT2D eigenvalue weighted by atomic mass is 16.5. The van der Waals surface area contributed by atoms with Gasteiger partial charge in [0.2, 0.25) is 0 Å². The quantitative estimate of drug-likeness (QED) is 0.860. The Morgan fingerprint density at radius 2 is 2.00 bits per heavy atom. The second-order valence-electron chi connectivity index (χ2n) is 6.24. The number of hydrogen-bond donors (Lipinski definition) is 1. The van der Waals surface area contributed by atoms with Crippen LogP contribution in [0, 0.1) is 0 Å². The lowest BCUT2D eigenvalue weighted by Crippen LogP contribution is -2.54. The maximum atomic E-state index is 12.4. The molecule has 1 unspecified atom stereocenters. The topological polar surface area (TPSA) is 54.0 Å². The van der Waals surface area contributed by atoms with Gasteiger partial charge in [-0.2, -0.15) is 0 Å². The zero-order valence-corrected chi connectivity index (χ0v) is 14.4. The molecule has 2 saturated heterocycles. The van der Waals surface area contributed by atoms with Crippen LogP contribution in [0.2, 0.25) is 0 Å². The first-order valence-electron chi connectivity index (χ1n) is 8.81. The van der Waals surface area contributed by atoms with Gasteiger partial charge in [-0.3, -0.25) is 9.69 Å². The molecule has 1 aromatic carbocycles. The molecular formula is C18H27N3O3. The zero-order valence-electron chi connectivity index (χ0n) is 14.4. The first kappa shape index (κ1) is 17.2. The minimum atomic E-state index is -0.309. The predicted octanol–water partition coefficient (Wildman–Crippen LogP) is 0.718. The van der Waals surface area contributed by atoms with Gasteiger partial charge in [0.15, 0.2) is 0 Å². The molecule has 0 aromatic heterocycles. The zero-order chi connectivity index (χ0) is 16.8. The summed E-state index contributed by atoms with van der Waals surface area (Å²) >= 11 is 0. The van der Waals surface area contributed by atoms with Gasteiger partial charge in [-0.1, -0.05) is 12.1 Å². The van der Waals surface area contributed by atoms with E-state index in [0.717, 1.165) is 45.0 Å². The molecule has 0 radical (unpaired) electrons. The fraction of sp³-hybridized carbons (Fsp3) is 0.611. The van der Waals surface area contributed by atoms with Crippen LogP contribution in [0.15, 0.2) is 24.3 Å². The third kappa shape index (κ3) is 4.47. The number of hydrogen-bond acceptors (Lipinski definition) is 5. The molecule has 24 heavy (non-hydrogen) atoms. The third-order valence-corrected chi connectivity index (χ3v) is 4.53. The number of nitrogens with one attached hydrogen (secondary N) is 1. The fourth-order valence-electron chi connectivity index (χ4n) is 3.17. The largest absolute Gasteiger partial charge is 0.494 e. The normalized spacial score (nSPS) is 22.4. The van der Waals surface area contributed by atoms with Gasteiger partial charge in [0, 0.05) is 45.8 Å². The number of carbonyl (C=O) groups excluding carboxylic acids is 1. The molecule has 6 heteroatoms. The first-order valence-corrected chi connectivity index (χ1v) is 8.81. The lowest BCUT2D eigenvalue weighted by molar-refractivity contribution is -0.147. The maximum absolute atomic E-state index is 12.4. The average molecular weight is 333 g/mol. The molecule has 1 amide bonds. The highest BCUT2D eigenvalue weighted by Gasteiger charge is 2.29. The Labute approximate surface area is 143 Å². The third-order valence-electron chi connectivity index (χ3n) is 4.53. The van der Waals surface area contributed by atoms with Crippen LogP contribution >= 0.6 is 0 Å². The molecule has 0 saturated carbocycles. The van der Waals surface area contributed by atoms with Crippen LogP contribution in [0.3, 0.4) is 0 Å². The van der Waals surface area contributed by atoms with Crippen LogP contribution in [0.4, 0.5) is 0 Å². The van der Waals surface area contributed by atoms with Crippen molar-refractivity contribution in [2.24, 2.45) is 0 Å². The molecule has 1 atom stereocenters. The van der Waals surface area contributed by atoms with E-state index in [4.69, 9.17) is 9.47 Å². The molecule has 6 nitrogen and oxygen atoms in total. The Hall–Kier alpha value is -1.63. The fourth-order valence-corrected chi connectivity index (χ4v) is 3.17. The van der Waals surface area contributed by atoms with Gasteiger partial charge in [0.05, 0.1) is 13.2 Å². The SMILES string of the molecule is CCOc1ccc(CN2CCN(C(=O)C3CNCCO3)CC2)cc1. The van der Waals surface area contributed by atoms with Gasteiger partial charge < -0.3 is 19.7 Å². The summed E-state index contributed by atoms with van der Waals surface area (Å²) in [4.78, 5) is 16.8. The number of benzene rings is 1. The van der Waals surface area contributed by atoms with E-state index in [1.807, 2.05) is 24.0 Å². The van der Waals surface area contributed by atoms with Gasteiger partial charge in [-0.25, -0.2) is 0 Å². The summed E-state index contributed by atoms with van der Waals surface area (Å²) in [5.41, 5.74) is 1.28. The lowest BCUT2D eigenvalue weighted by Gasteiger charge is -2.37. The van der Waals surface area contributed by atoms with E-state index < -0.39 is 0 Å². The standard InChI is InChI=1S/C18H27N3O3/c1-2-23-16-5-3-15(4-6-16)14-20-8-10-21(11-9-20)18(22)17-13-19-7-12-24-17/h3-6,17,19H,2,7-14H2,1H3. The highest BCUT2D eigenvalue weighted by molar-refractivity contribution is 5.81. The Bertz CT molecular complexity index is 521. The molecule has 0 spiro atoms. The number of rotatable bonds is 5. The van der Waals surface area contributed by atoms with Crippen LogP contribution < -0.4 is 10.1 Å². The van der Waals surface area contributed by atoms with Gasteiger partial charge in [-0.15, -0.1) is 0 Å². The molecule has 2 aliphatic rings. The summed E-state index contributed by atoms with van der Waals surface area (Å²) in [5, 5.41) is 3.22. The van der Waals surface area contributed by atoms with E-state index in [0.29, 0.717) is 19.8 Å². The number of morpholine rings is 1. The van der Waals surface area contributed by atoms with Crippen LogP contribution in [0.5, 0.6) is 5.75 Å². The highest BCUT2D eigenvalue weighted by Crippen LogP contribution is 2.15. The molecule has 2 heterocycles. The molecule has 3 rings (SSSR count). The summed E-state index contributed by atoms with van der Waals surface area (Å²) in [7, 11) is 0. The van der Waals surface area contributed by atoms with Gasteiger partial charge in [0.25, 0.3) is 5.91 Å². The van der Waals surface area contributed by atoms with Crippen molar-refractivity contribution in [2.75, 3.05) is 52.5 Å². The second kappa shape index (κ2) is 8.46. The second-order valence-corrected chi connectivity index (χ2v) is 6.24. The van der Waals surface area contributed by atoms with Crippen LogP contribution in [0.1, 0.15) is 12.5 Å². The Morgan fingerprint density at radius 1 is 1.25 bits per heavy atom. The average Bonchev–Trinajstić information content (AvgIpc) is 2.64. The summed E-state index contributed by atoms with van der Waals surface area (Å²) in [6, 6.07) is 8.27. The summed E-state index contributed by atoms with van der Waals surface area (Å²) in [5.74, 6) is 1.04. The van der Waals surface area contributed by atoms with Crippen molar-refractivity contribution in [2.45, 2.75) is 19.6 Å². The number of carbonyl (C=O) groups is 1. The summed E-state index contributed by atoms with van der Waals surface area (Å²) in [6.45, 7) is 9.03. The van der Waals surface area contributed by atoms with Crippen molar-refractivity contribution in [1.29, 1.82) is 0 Å². The minimum absolute atomic E-state index is 0.128. The van der Waals surface area contributed by atoms with Crippen molar-refractivity contribution in [3.63, 3.8) is 0 Å². The number of amides is 1. The van der Waals surface area contributed by atoms with Crippen molar-refractivity contribution in [3.05, 3.63) is 29.8 Å². The van der Waals surface area contributed by atoms with E-state index in [1.54, 1.807) is 0 Å². The number of piperazine rings is 1. The van der Waals surface area contributed by atoms with Gasteiger partial charge in [-0.05, 0) is 24.6 Å². The van der Waals surface area contributed by atoms with Crippen LogP contribution in [0.25, 0.3) is 0 Å². The van der Waals surface area contributed by atoms with Gasteiger partial charge in [0.1, 0.15) is 11.9 Å². The summed E-state index contributed by atoms with van der Waals surface area (Å²) in [6.07, 6.45) is -0.309. The summed E-state index contributed by atoms with van der Waals surface area (Å²) < 4.78 is 11.0. The first-order chi connectivity index (χ1) is 11.8. The molecule has 2 aliphatic heterocycles. The smallest absolute Gasteiger partial charge is 0.253 e. The Balaban J connectivity index is 1.45. The van der Waals surface area contributed by atoms with Crippen molar-refractivity contribution in [3.8, 4) is 5.75 Å². The maximum Gasteiger partial charge on any atom is 0.253 e. The molecular weight excluding hydrogens is 306 g/mol. The van der Waals surface area contributed by atoms with E-state index in [-0.39, 0.29) is 12.0 Å². The van der Waals surface area contributed by atoms with E-state index in [1.165, 1.54) is 5.56 Å². The molecule has 132 valence electrons. The minimum Gasteiger partial charge on any atom is -0.494 e. The van der Waals surface area contributed by atoms with Gasteiger partial charge >= 0.3 is 0 Å². The van der Waals surface area contributed by atoms with Crippen molar-refractivity contribution in [1.82, 2.24) is 15.1 Å². The van der Waals surface area contributed by atoms with Crippen molar-refractivity contribution < 1.29 is 14.3 Å². The Morgan fingerprint density at radius 3 is 2.62 bits per heavy atom. The monoisotopic (exact) mass is 333 g/mol. The lowest BCUT2D eigenvalue weighted by atomic mass is 10.1.